The van der Waals surface area contributed by atoms with Crippen molar-refractivity contribution in [2.75, 3.05) is 6.61 Å². The molecule has 0 aliphatic heterocycles. The molecule has 6 heteroatoms. The van der Waals surface area contributed by atoms with E-state index < -0.39 is 7.05 Å². The number of aliphatic hydroxyl groups excluding tert-OH is 1. The predicted molar refractivity (Wildman–Crippen MR) is 77.0 cm³/mol. The number of nitrogens with one attached hydrogen (secondary N) is 1. The van der Waals surface area contributed by atoms with Crippen LogP contribution in [0.3, 0.4) is 0 Å². The van der Waals surface area contributed by atoms with Crippen LogP contribution in [0.25, 0.3) is 11.0 Å². The zero-order valence-corrected chi connectivity index (χ0v) is 11.4. The van der Waals surface area contributed by atoms with Gasteiger partial charge in [-0.3, -0.25) is 0 Å². The van der Waals surface area contributed by atoms with Crippen LogP contribution >= 0.6 is 0 Å². The molecule has 0 aliphatic rings. The van der Waals surface area contributed by atoms with Crippen LogP contribution in [0.5, 0.6) is 0 Å². The maximum atomic E-state index is 9.36. The van der Waals surface area contributed by atoms with Crippen LogP contribution in [0.2, 0.25) is 6.82 Å². The van der Waals surface area contributed by atoms with Crippen molar-refractivity contribution in [2.45, 2.75) is 32.8 Å². The molecule has 1 aromatic carbocycles. The Morgan fingerprint density at radius 1 is 1.42 bits per heavy atom. The van der Waals surface area contributed by atoms with E-state index in [1.807, 2.05) is 31.2 Å². The number of aromatic nitrogens is 2. The maximum absolute atomic E-state index is 9.36. The molecule has 0 saturated heterocycles. The second kappa shape index (κ2) is 6.19. The van der Waals surface area contributed by atoms with E-state index in [0.717, 1.165) is 16.9 Å². The molecule has 5 nitrogen and oxygen atoms in total. The number of hydrogen-bond acceptors (Lipinski definition) is 4. The summed E-state index contributed by atoms with van der Waals surface area (Å²) in [5.74, 6) is 0.878. The maximum Gasteiger partial charge on any atom is 0.373 e. The van der Waals surface area contributed by atoms with Gasteiger partial charge in [0.15, 0.2) is 0 Å². The van der Waals surface area contributed by atoms with Gasteiger partial charge in [-0.15, -0.1) is 0 Å². The standard InChI is InChI=1S/C13H20BN3O2/c1-10(16-14(2)19)9-17-12-6-4-3-5-11(12)15-13(17)7-8-18/h3-6,10,16,18-19H,7-9H2,1-2H3. The lowest BCUT2D eigenvalue weighted by Gasteiger charge is -2.17. The Bertz CT molecular complexity index is 542. The first kappa shape index (κ1) is 14.1. The van der Waals surface area contributed by atoms with E-state index in [1.54, 1.807) is 6.82 Å². The summed E-state index contributed by atoms with van der Waals surface area (Å²) in [5, 5.41) is 21.6. The van der Waals surface area contributed by atoms with Gasteiger partial charge in [0.25, 0.3) is 0 Å². The lowest BCUT2D eigenvalue weighted by atomic mass is 9.87. The summed E-state index contributed by atoms with van der Waals surface area (Å²) in [5.41, 5.74) is 2.00. The third-order valence-electron chi connectivity index (χ3n) is 3.05. The number of benzene rings is 1. The third-order valence-corrected chi connectivity index (χ3v) is 3.05. The molecular weight excluding hydrogens is 241 g/mol. The van der Waals surface area contributed by atoms with Gasteiger partial charge in [-0.05, 0) is 25.9 Å². The minimum atomic E-state index is -0.536. The zero-order valence-electron chi connectivity index (χ0n) is 11.4. The lowest BCUT2D eigenvalue weighted by Crippen LogP contribution is -2.40. The molecule has 102 valence electrons. The van der Waals surface area contributed by atoms with Gasteiger partial charge in [-0.2, -0.15) is 0 Å². The molecule has 19 heavy (non-hydrogen) atoms. The van der Waals surface area contributed by atoms with Crippen molar-refractivity contribution >= 4 is 18.1 Å². The average Bonchev–Trinajstić information content (AvgIpc) is 2.67. The fourth-order valence-corrected chi connectivity index (χ4v) is 2.36. The minimum absolute atomic E-state index is 0.0849. The second-order valence-corrected chi connectivity index (χ2v) is 4.84. The number of rotatable bonds is 6. The number of hydrogen-bond donors (Lipinski definition) is 3. The van der Waals surface area contributed by atoms with Crippen molar-refractivity contribution in [3.05, 3.63) is 30.1 Å². The summed E-state index contributed by atoms with van der Waals surface area (Å²) in [6.45, 7) is 4.52. The highest BCUT2D eigenvalue weighted by Gasteiger charge is 2.14. The van der Waals surface area contributed by atoms with Gasteiger partial charge in [-0.1, -0.05) is 12.1 Å². The Labute approximate surface area is 113 Å². The van der Waals surface area contributed by atoms with Gasteiger partial charge < -0.3 is 19.9 Å². The average molecular weight is 261 g/mol. The van der Waals surface area contributed by atoms with E-state index in [0.29, 0.717) is 13.0 Å². The SMILES string of the molecule is CB(O)NC(C)Cn1c(CCO)nc2ccccc21. The molecule has 0 spiro atoms. The molecule has 1 atom stereocenters. The fraction of sp³-hybridized carbons (Fsp3) is 0.462. The van der Waals surface area contributed by atoms with Gasteiger partial charge >= 0.3 is 7.05 Å². The third kappa shape index (κ3) is 3.35. The molecule has 2 rings (SSSR count). The quantitative estimate of drug-likeness (QED) is 0.668. The summed E-state index contributed by atoms with van der Waals surface area (Å²) in [6.07, 6.45) is 0.538. The van der Waals surface area contributed by atoms with Gasteiger partial charge in [0.1, 0.15) is 5.82 Å². The monoisotopic (exact) mass is 261 g/mol. The fourth-order valence-electron chi connectivity index (χ4n) is 2.36. The summed E-state index contributed by atoms with van der Waals surface area (Å²) < 4.78 is 2.10. The summed E-state index contributed by atoms with van der Waals surface area (Å²) in [4.78, 5) is 4.55. The second-order valence-electron chi connectivity index (χ2n) is 4.84. The molecule has 0 saturated carbocycles. The van der Waals surface area contributed by atoms with Crippen LogP contribution in [0.1, 0.15) is 12.7 Å². The van der Waals surface area contributed by atoms with Crippen LogP contribution in [0, 0.1) is 0 Å². The molecule has 0 fully saturated rings. The van der Waals surface area contributed by atoms with Crippen molar-refractivity contribution in [2.24, 2.45) is 0 Å². The predicted octanol–water partition coefficient (Wildman–Crippen LogP) is 0.659. The van der Waals surface area contributed by atoms with Crippen LogP contribution in [0.4, 0.5) is 0 Å². The highest BCUT2D eigenvalue weighted by atomic mass is 16.3. The minimum Gasteiger partial charge on any atom is -0.437 e. The molecule has 0 bridgehead atoms. The van der Waals surface area contributed by atoms with E-state index in [2.05, 4.69) is 14.8 Å². The van der Waals surface area contributed by atoms with E-state index in [4.69, 9.17) is 5.11 Å². The largest absolute Gasteiger partial charge is 0.437 e. The van der Waals surface area contributed by atoms with Crippen molar-refractivity contribution < 1.29 is 10.1 Å². The zero-order chi connectivity index (χ0) is 13.8. The highest BCUT2D eigenvalue weighted by Crippen LogP contribution is 2.17. The number of imidazole rings is 1. The summed E-state index contributed by atoms with van der Waals surface area (Å²) >= 11 is 0. The van der Waals surface area contributed by atoms with E-state index in [1.165, 1.54) is 0 Å². The molecule has 0 aliphatic carbocycles. The first-order chi connectivity index (χ1) is 9.11. The summed E-state index contributed by atoms with van der Waals surface area (Å²) in [6, 6.07) is 8.06. The van der Waals surface area contributed by atoms with E-state index in [9.17, 15) is 5.02 Å². The highest BCUT2D eigenvalue weighted by molar-refractivity contribution is 6.45. The van der Waals surface area contributed by atoms with E-state index in [-0.39, 0.29) is 12.6 Å². The molecule has 2 aromatic rings. The molecule has 1 unspecified atom stereocenters. The molecule has 0 radical (unpaired) electrons. The van der Waals surface area contributed by atoms with Gasteiger partial charge in [-0.25, -0.2) is 4.98 Å². The topological polar surface area (TPSA) is 70.3 Å². The first-order valence-electron chi connectivity index (χ1n) is 6.61. The normalized spacial score (nSPS) is 12.8. The van der Waals surface area contributed by atoms with Crippen LogP contribution in [-0.2, 0) is 13.0 Å². The Balaban J connectivity index is 2.30. The van der Waals surface area contributed by atoms with Crippen molar-refractivity contribution in [3.8, 4) is 0 Å². The van der Waals surface area contributed by atoms with Crippen molar-refractivity contribution in [3.63, 3.8) is 0 Å². The van der Waals surface area contributed by atoms with Crippen LogP contribution in [-0.4, -0.2) is 39.4 Å². The Hall–Kier alpha value is -1.37. The number of fused-ring (bicyclic) bond motifs is 1. The molecule has 3 N–H and O–H groups in total. The molecule has 0 amide bonds. The number of para-hydroxylation sites is 2. The van der Waals surface area contributed by atoms with E-state index >= 15 is 0 Å². The van der Waals surface area contributed by atoms with Gasteiger partial charge in [0.05, 0.1) is 17.6 Å². The summed E-state index contributed by atoms with van der Waals surface area (Å²) in [7, 11) is -0.536. The van der Waals surface area contributed by atoms with Crippen molar-refractivity contribution in [1.82, 2.24) is 14.8 Å². The first-order valence-corrected chi connectivity index (χ1v) is 6.61. The van der Waals surface area contributed by atoms with Crippen LogP contribution in [0.15, 0.2) is 24.3 Å². The molecule has 1 heterocycles. The molecular formula is C13H20BN3O2. The Morgan fingerprint density at radius 3 is 2.84 bits per heavy atom. The molecule has 1 aromatic heterocycles. The lowest BCUT2D eigenvalue weighted by molar-refractivity contribution is 0.294. The van der Waals surface area contributed by atoms with Gasteiger partial charge in [0.2, 0.25) is 0 Å². The van der Waals surface area contributed by atoms with Crippen LogP contribution < -0.4 is 5.23 Å². The number of aliphatic hydroxyl groups is 1. The Kier molecular flexibility index (Phi) is 4.58. The number of nitrogens with zero attached hydrogens (tertiary/aromatic N) is 2. The van der Waals surface area contributed by atoms with Gasteiger partial charge in [0, 0.05) is 19.0 Å². The van der Waals surface area contributed by atoms with Crippen molar-refractivity contribution in [1.29, 1.82) is 0 Å². The smallest absolute Gasteiger partial charge is 0.373 e. The Morgan fingerprint density at radius 2 is 2.16 bits per heavy atom.